The number of benzene rings is 2. The van der Waals surface area contributed by atoms with Gasteiger partial charge in [-0.3, -0.25) is 9.59 Å². The molecule has 1 amide bonds. The molecule has 1 heterocycles. The first kappa shape index (κ1) is 16.5. The van der Waals surface area contributed by atoms with Gasteiger partial charge in [-0.1, -0.05) is 42.5 Å². The Kier molecular flexibility index (Phi) is 4.66. The zero-order chi connectivity index (χ0) is 17.8. The number of aliphatic imine (C=N–C) groups is 1. The molecule has 5 heteroatoms. The molecule has 0 aliphatic carbocycles. The smallest absolute Gasteiger partial charge is 0.358 e. The molecule has 0 radical (unpaired) electrons. The van der Waals surface area contributed by atoms with Gasteiger partial charge < -0.3 is 4.74 Å². The maximum absolute atomic E-state index is 12.1. The van der Waals surface area contributed by atoms with Crippen molar-refractivity contribution in [1.82, 2.24) is 0 Å². The van der Waals surface area contributed by atoms with E-state index in [0.29, 0.717) is 22.4 Å². The van der Waals surface area contributed by atoms with Crippen molar-refractivity contribution < 1.29 is 19.1 Å². The van der Waals surface area contributed by atoms with Gasteiger partial charge in [0, 0.05) is 23.1 Å². The van der Waals surface area contributed by atoms with Crippen LogP contribution in [-0.2, 0) is 9.53 Å². The van der Waals surface area contributed by atoms with Gasteiger partial charge >= 0.3 is 5.97 Å². The van der Waals surface area contributed by atoms with Gasteiger partial charge in [0.15, 0.2) is 5.78 Å². The van der Waals surface area contributed by atoms with E-state index in [2.05, 4.69) is 4.99 Å². The zero-order valence-electron chi connectivity index (χ0n) is 13.6. The monoisotopic (exact) mass is 333 g/mol. The molecule has 5 nitrogen and oxygen atoms in total. The predicted molar refractivity (Wildman–Crippen MR) is 93.3 cm³/mol. The van der Waals surface area contributed by atoms with Crippen molar-refractivity contribution in [1.29, 1.82) is 0 Å². The van der Waals surface area contributed by atoms with Crippen molar-refractivity contribution in [3.05, 3.63) is 77.4 Å². The van der Waals surface area contributed by atoms with E-state index in [1.54, 1.807) is 60.7 Å². The number of ketones is 1. The Morgan fingerprint density at radius 1 is 0.960 bits per heavy atom. The third-order valence-corrected chi connectivity index (χ3v) is 3.75. The van der Waals surface area contributed by atoms with Crippen LogP contribution in [0.4, 0.5) is 0 Å². The molecular formula is C20H15NO4. The molecule has 0 N–H and O–H groups in total. The number of carbonyl (C=O) groups excluding carboxylic acids is 3. The van der Waals surface area contributed by atoms with E-state index in [-0.39, 0.29) is 17.9 Å². The molecule has 1 aliphatic rings. The lowest BCUT2D eigenvalue weighted by molar-refractivity contribution is -0.129. The third kappa shape index (κ3) is 3.77. The number of hydrogen-bond acceptors (Lipinski definition) is 4. The maximum Gasteiger partial charge on any atom is 0.358 e. The second-order valence-corrected chi connectivity index (χ2v) is 5.53. The Morgan fingerprint density at radius 3 is 2.24 bits per heavy atom. The molecule has 0 saturated heterocycles. The highest BCUT2D eigenvalue weighted by atomic mass is 16.5. The summed E-state index contributed by atoms with van der Waals surface area (Å²) >= 11 is 0. The van der Waals surface area contributed by atoms with Crippen molar-refractivity contribution in [2.75, 3.05) is 0 Å². The number of Topliss-reactive ketones (excluding diaryl/α,β-unsaturated/α-hetero) is 1. The Labute approximate surface area is 144 Å². The summed E-state index contributed by atoms with van der Waals surface area (Å²) in [4.78, 5) is 39.3. The molecule has 124 valence electrons. The van der Waals surface area contributed by atoms with Crippen LogP contribution in [0.5, 0.6) is 0 Å². The van der Waals surface area contributed by atoms with Gasteiger partial charge in [-0.2, -0.15) is 0 Å². The van der Waals surface area contributed by atoms with Crippen LogP contribution in [0, 0.1) is 0 Å². The Bertz CT molecular complexity index is 893. The number of esters is 1. The standard InChI is InChI=1S/C20H15NO4/c1-13(22)14-7-9-15(10-8-14)18-12-11-17(20(24)25-18)21-19(23)16-5-3-2-4-6-16/h2-10,12H,11H2,1H3. The Balaban J connectivity index is 1.78. The van der Waals surface area contributed by atoms with Crippen molar-refractivity contribution in [2.45, 2.75) is 13.3 Å². The van der Waals surface area contributed by atoms with Gasteiger partial charge in [0.25, 0.3) is 5.91 Å². The Hall–Kier alpha value is -3.34. The molecule has 0 aromatic heterocycles. The molecule has 0 spiro atoms. The number of rotatable bonds is 3. The van der Waals surface area contributed by atoms with Gasteiger partial charge in [0.1, 0.15) is 11.5 Å². The summed E-state index contributed by atoms with van der Waals surface area (Å²) in [7, 11) is 0. The van der Waals surface area contributed by atoms with Crippen molar-refractivity contribution in [2.24, 2.45) is 4.99 Å². The number of amides is 1. The molecule has 0 unspecified atom stereocenters. The van der Waals surface area contributed by atoms with Crippen LogP contribution >= 0.6 is 0 Å². The summed E-state index contributed by atoms with van der Waals surface area (Å²) in [5, 5.41) is 0. The molecule has 2 aromatic rings. The third-order valence-electron chi connectivity index (χ3n) is 3.75. The zero-order valence-corrected chi connectivity index (χ0v) is 13.6. The van der Waals surface area contributed by atoms with E-state index in [4.69, 9.17) is 4.74 Å². The highest BCUT2D eigenvalue weighted by Gasteiger charge is 2.22. The first-order chi connectivity index (χ1) is 12.0. The van der Waals surface area contributed by atoms with E-state index < -0.39 is 11.9 Å². The maximum atomic E-state index is 12.1. The lowest BCUT2D eigenvalue weighted by atomic mass is 10.1. The number of ether oxygens (including phenoxy) is 1. The van der Waals surface area contributed by atoms with Crippen molar-refractivity contribution in [3.8, 4) is 0 Å². The first-order valence-electron chi connectivity index (χ1n) is 7.75. The SMILES string of the molecule is CC(=O)c1ccc(C2=CCC(=NC(=O)c3ccccc3)C(=O)O2)cc1. The molecule has 0 fully saturated rings. The molecule has 0 atom stereocenters. The van der Waals surface area contributed by atoms with Crippen LogP contribution in [0.2, 0.25) is 0 Å². The van der Waals surface area contributed by atoms with Crippen LogP contribution in [0.25, 0.3) is 5.76 Å². The van der Waals surface area contributed by atoms with E-state index in [1.807, 2.05) is 0 Å². The van der Waals surface area contributed by atoms with Crippen LogP contribution in [0.15, 0.2) is 65.7 Å². The van der Waals surface area contributed by atoms with Gasteiger partial charge in [0.2, 0.25) is 0 Å². The fourth-order valence-electron chi connectivity index (χ4n) is 2.38. The van der Waals surface area contributed by atoms with E-state index in [1.165, 1.54) is 6.92 Å². The number of hydrogen-bond donors (Lipinski definition) is 0. The van der Waals surface area contributed by atoms with Gasteiger partial charge in [0.05, 0.1) is 0 Å². The van der Waals surface area contributed by atoms with Crippen LogP contribution < -0.4 is 0 Å². The summed E-state index contributed by atoms with van der Waals surface area (Å²) in [5.74, 6) is -0.756. The van der Waals surface area contributed by atoms with E-state index >= 15 is 0 Å². The number of carbonyl (C=O) groups is 3. The minimum absolute atomic E-state index is 0.0324. The summed E-state index contributed by atoms with van der Waals surface area (Å²) in [6, 6.07) is 15.3. The van der Waals surface area contributed by atoms with Gasteiger partial charge in [-0.05, 0) is 25.1 Å². The lowest BCUT2D eigenvalue weighted by Gasteiger charge is -2.15. The molecule has 2 aromatic carbocycles. The topological polar surface area (TPSA) is 72.8 Å². The normalized spacial score (nSPS) is 15.5. The average Bonchev–Trinajstić information content (AvgIpc) is 2.64. The fraction of sp³-hybridized carbons (Fsp3) is 0.100. The molecule has 0 saturated carbocycles. The van der Waals surface area contributed by atoms with E-state index in [9.17, 15) is 14.4 Å². The minimum atomic E-state index is -0.641. The second kappa shape index (κ2) is 7.05. The van der Waals surface area contributed by atoms with Crippen molar-refractivity contribution in [3.63, 3.8) is 0 Å². The number of cyclic esters (lactones) is 1. The molecular weight excluding hydrogens is 318 g/mol. The molecule has 3 rings (SSSR count). The van der Waals surface area contributed by atoms with Crippen LogP contribution in [-0.4, -0.2) is 23.4 Å². The average molecular weight is 333 g/mol. The Morgan fingerprint density at radius 2 is 1.64 bits per heavy atom. The predicted octanol–water partition coefficient (Wildman–Crippen LogP) is 3.46. The largest absolute Gasteiger partial charge is 0.422 e. The van der Waals surface area contributed by atoms with Crippen LogP contribution in [0.3, 0.4) is 0 Å². The summed E-state index contributed by atoms with van der Waals surface area (Å²) in [6.07, 6.45) is 1.91. The van der Waals surface area contributed by atoms with Gasteiger partial charge in [-0.15, -0.1) is 0 Å². The minimum Gasteiger partial charge on any atom is -0.422 e. The van der Waals surface area contributed by atoms with E-state index in [0.717, 1.165) is 0 Å². The summed E-state index contributed by atoms with van der Waals surface area (Å²) in [5.41, 5.74) is 1.75. The summed E-state index contributed by atoms with van der Waals surface area (Å²) in [6.45, 7) is 1.49. The van der Waals surface area contributed by atoms with Crippen molar-refractivity contribution >= 4 is 29.1 Å². The number of allylic oxidation sites excluding steroid dienone is 1. The highest BCUT2D eigenvalue weighted by Crippen LogP contribution is 2.22. The lowest BCUT2D eigenvalue weighted by Crippen LogP contribution is -2.22. The summed E-state index contributed by atoms with van der Waals surface area (Å²) < 4.78 is 5.28. The second-order valence-electron chi connectivity index (χ2n) is 5.53. The molecule has 0 bridgehead atoms. The molecule has 1 aliphatic heterocycles. The highest BCUT2D eigenvalue weighted by molar-refractivity contribution is 6.40. The van der Waals surface area contributed by atoms with Gasteiger partial charge in [-0.25, -0.2) is 9.79 Å². The first-order valence-corrected chi connectivity index (χ1v) is 7.75. The number of nitrogens with zero attached hydrogens (tertiary/aromatic N) is 1. The van der Waals surface area contributed by atoms with Crippen LogP contribution in [0.1, 0.15) is 39.6 Å². The fourth-order valence-corrected chi connectivity index (χ4v) is 2.38. The molecule has 25 heavy (non-hydrogen) atoms. The quantitative estimate of drug-likeness (QED) is 0.637.